The van der Waals surface area contributed by atoms with E-state index >= 15 is 0 Å². The van der Waals surface area contributed by atoms with Crippen LogP contribution in [0.4, 0.5) is 0 Å². The van der Waals surface area contributed by atoms with Crippen LogP contribution < -0.4 is 0 Å². The molecule has 0 radical (unpaired) electrons. The van der Waals surface area contributed by atoms with Gasteiger partial charge in [0.2, 0.25) is 0 Å². The van der Waals surface area contributed by atoms with Crippen molar-refractivity contribution in [2.45, 2.75) is 32.6 Å². The normalized spacial score (nSPS) is 14.3. The van der Waals surface area contributed by atoms with E-state index in [4.69, 9.17) is 0 Å². The molecule has 92 valence electrons. The summed E-state index contributed by atoms with van der Waals surface area (Å²) in [4.78, 5) is 11.4. The standard InChI is InChI=1S/C15H16N2O/c1-10(18)11-5-4-6-12(9-11)15-13-7-2-3-8-14(13)16-17-15/h4-6,9H,2-3,7-8H2,1H3,(H,16,17). The first-order chi connectivity index (χ1) is 8.75. The van der Waals surface area contributed by atoms with Gasteiger partial charge in [-0.15, -0.1) is 0 Å². The smallest absolute Gasteiger partial charge is 0.159 e. The molecule has 0 unspecified atom stereocenters. The molecule has 0 amide bonds. The van der Waals surface area contributed by atoms with Crippen molar-refractivity contribution >= 4 is 5.78 Å². The lowest BCUT2D eigenvalue weighted by atomic mass is 9.93. The maximum absolute atomic E-state index is 11.4. The number of Topliss-reactive ketones (excluding diaryl/α,β-unsaturated/α-hetero) is 1. The summed E-state index contributed by atoms with van der Waals surface area (Å²) in [5, 5.41) is 7.57. The lowest BCUT2D eigenvalue weighted by Gasteiger charge is -2.11. The molecule has 0 fully saturated rings. The molecular weight excluding hydrogens is 224 g/mol. The van der Waals surface area contributed by atoms with E-state index in [0.717, 1.165) is 29.7 Å². The van der Waals surface area contributed by atoms with Crippen molar-refractivity contribution in [3.8, 4) is 11.3 Å². The molecule has 1 heterocycles. The number of ketones is 1. The fourth-order valence-electron chi connectivity index (χ4n) is 2.61. The number of hydrogen-bond acceptors (Lipinski definition) is 2. The molecule has 0 bridgehead atoms. The minimum absolute atomic E-state index is 0.0984. The van der Waals surface area contributed by atoms with Gasteiger partial charge < -0.3 is 0 Å². The van der Waals surface area contributed by atoms with E-state index in [9.17, 15) is 4.79 Å². The number of aromatic nitrogens is 2. The van der Waals surface area contributed by atoms with E-state index in [1.165, 1.54) is 24.1 Å². The fraction of sp³-hybridized carbons (Fsp3) is 0.333. The summed E-state index contributed by atoms with van der Waals surface area (Å²) < 4.78 is 0. The molecule has 3 rings (SSSR count). The molecule has 1 N–H and O–H groups in total. The van der Waals surface area contributed by atoms with Gasteiger partial charge in [-0.25, -0.2) is 0 Å². The van der Waals surface area contributed by atoms with Crippen LogP contribution in [0.3, 0.4) is 0 Å². The van der Waals surface area contributed by atoms with Crippen LogP contribution in [0.2, 0.25) is 0 Å². The average molecular weight is 240 g/mol. The highest BCUT2D eigenvalue weighted by Gasteiger charge is 2.18. The van der Waals surface area contributed by atoms with Gasteiger partial charge >= 0.3 is 0 Å². The second-order valence-electron chi connectivity index (χ2n) is 4.87. The van der Waals surface area contributed by atoms with Crippen molar-refractivity contribution in [3.05, 3.63) is 41.1 Å². The van der Waals surface area contributed by atoms with Crippen LogP contribution in [0, 0.1) is 0 Å². The van der Waals surface area contributed by atoms with Gasteiger partial charge in [0, 0.05) is 22.4 Å². The number of H-pyrrole nitrogens is 1. The van der Waals surface area contributed by atoms with E-state index in [1.807, 2.05) is 24.3 Å². The van der Waals surface area contributed by atoms with Crippen LogP contribution in [0.15, 0.2) is 24.3 Å². The Labute approximate surface area is 106 Å². The largest absolute Gasteiger partial charge is 0.295 e. The molecule has 3 heteroatoms. The van der Waals surface area contributed by atoms with Crippen molar-refractivity contribution in [1.29, 1.82) is 0 Å². The van der Waals surface area contributed by atoms with Gasteiger partial charge in [0.1, 0.15) is 0 Å². The molecular formula is C15H16N2O. The van der Waals surface area contributed by atoms with Crippen LogP contribution in [0.25, 0.3) is 11.3 Å². The second-order valence-corrected chi connectivity index (χ2v) is 4.87. The molecule has 0 saturated heterocycles. The molecule has 1 aliphatic carbocycles. The van der Waals surface area contributed by atoms with Gasteiger partial charge in [-0.05, 0) is 38.7 Å². The van der Waals surface area contributed by atoms with E-state index in [1.54, 1.807) is 6.92 Å². The van der Waals surface area contributed by atoms with Crippen LogP contribution in [0.5, 0.6) is 0 Å². The highest BCUT2D eigenvalue weighted by molar-refractivity contribution is 5.95. The maximum atomic E-state index is 11.4. The zero-order valence-electron chi connectivity index (χ0n) is 10.5. The molecule has 1 aromatic heterocycles. The van der Waals surface area contributed by atoms with Gasteiger partial charge in [0.15, 0.2) is 5.78 Å². The zero-order chi connectivity index (χ0) is 12.5. The molecule has 18 heavy (non-hydrogen) atoms. The van der Waals surface area contributed by atoms with Crippen LogP contribution >= 0.6 is 0 Å². The minimum atomic E-state index is 0.0984. The Balaban J connectivity index is 2.07. The molecule has 1 aliphatic rings. The van der Waals surface area contributed by atoms with Crippen molar-refractivity contribution in [3.63, 3.8) is 0 Å². The number of hydrogen-bond donors (Lipinski definition) is 1. The van der Waals surface area contributed by atoms with Crippen molar-refractivity contribution in [1.82, 2.24) is 10.2 Å². The number of benzene rings is 1. The molecule has 0 saturated carbocycles. The van der Waals surface area contributed by atoms with E-state index in [2.05, 4.69) is 10.2 Å². The Morgan fingerprint density at radius 3 is 2.94 bits per heavy atom. The second kappa shape index (κ2) is 4.41. The van der Waals surface area contributed by atoms with Crippen molar-refractivity contribution < 1.29 is 4.79 Å². The number of carbonyl (C=O) groups excluding carboxylic acids is 1. The summed E-state index contributed by atoms with van der Waals surface area (Å²) in [6.45, 7) is 1.60. The fourth-order valence-corrected chi connectivity index (χ4v) is 2.61. The van der Waals surface area contributed by atoms with Crippen LogP contribution in [0.1, 0.15) is 41.4 Å². The van der Waals surface area contributed by atoms with Gasteiger partial charge in [-0.1, -0.05) is 18.2 Å². The first-order valence-corrected chi connectivity index (χ1v) is 6.43. The van der Waals surface area contributed by atoms with Crippen LogP contribution in [-0.2, 0) is 12.8 Å². The monoisotopic (exact) mass is 240 g/mol. The lowest BCUT2D eigenvalue weighted by molar-refractivity contribution is 0.101. The summed E-state index contributed by atoms with van der Waals surface area (Å²) in [7, 11) is 0. The number of nitrogens with one attached hydrogen (secondary N) is 1. The Kier molecular flexibility index (Phi) is 2.74. The Morgan fingerprint density at radius 2 is 2.11 bits per heavy atom. The number of fused-ring (bicyclic) bond motifs is 1. The molecule has 1 aromatic carbocycles. The molecule has 3 nitrogen and oxygen atoms in total. The number of aryl methyl sites for hydroxylation is 1. The predicted octanol–water partition coefficient (Wildman–Crippen LogP) is 3.16. The topological polar surface area (TPSA) is 45.8 Å². The third-order valence-electron chi connectivity index (χ3n) is 3.60. The Bertz CT molecular complexity index is 598. The van der Waals surface area contributed by atoms with Crippen molar-refractivity contribution in [2.75, 3.05) is 0 Å². The summed E-state index contributed by atoms with van der Waals surface area (Å²) in [5.41, 5.74) is 5.42. The van der Waals surface area contributed by atoms with E-state index in [-0.39, 0.29) is 5.78 Å². The van der Waals surface area contributed by atoms with Gasteiger partial charge in [0.25, 0.3) is 0 Å². The van der Waals surface area contributed by atoms with Crippen molar-refractivity contribution in [2.24, 2.45) is 0 Å². The molecule has 0 spiro atoms. The molecule has 0 aliphatic heterocycles. The molecule has 2 aromatic rings. The van der Waals surface area contributed by atoms with Gasteiger partial charge in [0.05, 0.1) is 5.69 Å². The zero-order valence-corrected chi connectivity index (χ0v) is 10.5. The van der Waals surface area contributed by atoms with Gasteiger partial charge in [-0.3, -0.25) is 9.89 Å². The predicted molar refractivity (Wildman–Crippen MR) is 70.7 cm³/mol. The maximum Gasteiger partial charge on any atom is 0.159 e. The first-order valence-electron chi connectivity index (χ1n) is 6.43. The number of rotatable bonds is 2. The third kappa shape index (κ3) is 1.86. The highest BCUT2D eigenvalue weighted by Crippen LogP contribution is 2.29. The Hall–Kier alpha value is -1.90. The van der Waals surface area contributed by atoms with Crippen LogP contribution in [-0.4, -0.2) is 16.0 Å². The van der Waals surface area contributed by atoms with Gasteiger partial charge in [-0.2, -0.15) is 5.10 Å². The summed E-state index contributed by atoms with van der Waals surface area (Å²) in [5.74, 6) is 0.0984. The average Bonchev–Trinajstić information content (AvgIpc) is 2.82. The highest BCUT2D eigenvalue weighted by atomic mass is 16.1. The third-order valence-corrected chi connectivity index (χ3v) is 3.60. The number of carbonyl (C=O) groups is 1. The summed E-state index contributed by atoms with van der Waals surface area (Å²) >= 11 is 0. The molecule has 0 atom stereocenters. The number of aromatic amines is 1. The van der Waals surface area contributed by atoms with E-state index < -0.39 is 0 Å². The van der Waals surface area contributed by atoms with E-state index in [0.29, 0.717) is 0 Å². The quantitative estimate of drug-likeness (QED) is 0.819. The Morgan fingerprint density at radius 1 is 1.28 bits per heavy atom. The first kappa shape index (κ1) is 11.2. The number of nitrogens with zero attached hydrogens (tertiary/aromatic N) is 1. The lowest BCUT2D eigenvalue weighted by Crippen LogP contribution is -2.01. The SMILES string of the molecule is CC(=O)c1cccc(-c2n[nH]c3c2CCCC3)c1. The minimum Gasteiger partial charge on any atom is -0.295 e. The summed E-state index contributed by atoms with van der Waals surface area (Å²) in [6.07, 6.45) is 4.65. The summed E-state index contributed by atoms with van der Waals surface area (Å²) in [6, 6.07) is 7.74.